The van der Waals surface area contributed by atoms with E-state index in [1.807, 2.05) is 6.08 Å². The van der Waals surface area contributed by atoms with Gasteiger partial charge in [0.2, 0.25) is 0 Å². The minimum absolute atomic E-state index is 0.837. The molecule has 0 aromatic heterocycles. The van der Waals surface area contributed by atoms with Crippen LogP contribution in [0.2, 0.25) is 0 Å². The van der Waals surface area contributed by atoms with E-state index in [2.05, 4.69) is 19.2 Å². The first-order valence-corrected chi connectivity index (χ1v) is 5.74. The third-order valence-electron chi connectivity index (χ3n) is 2.33. The molecule has 1 nitrogen and oxygen atoms in total. The lowest BCUT2D eigenvalue weighted by Gasteiger charge is -2.14. The van der Waals surface area contributed by atoms with Gasteiger partial charge in [-0.2, -0.15) is 0 Å². The third-order valence-corrected chi connectivity index (χ3v) is 2.51. The minimum Gasteiger partial charge on any atom is -0.313 e. The van der Waals surface area contributed by atoms with Crippen molar-refractivity contribution in [2.45, 2.75) is 39.5 Å². The third kappa shape index (κ3) is 8.32. The Balaban J connectivity index is 3.36. The summed E-state index contributed by atoms with van der Waals surface area (Å²) in [5.41, 5.74) is 1.57. The van der Waals surface area contributed by atoms with E-state index < -0.39 is 0 Å². The van der Waals surface area contributed by atoms with E-state index >= 15 is 0 Å². The maximum atomic E-state index is 5.41. The molecule has 2 heteroatoms. The summed E-state index contributed by atoms with van der Waals surface area (Å²) in [6, 6.07) is 0. The predicted molar refractivity (Wildman–Crippen MR) is 61.2 cm³/mol. The molecule has 1 N–H and O–H groups in total. The van der Waals surface area contributed by atoms with Crippen LogP contribution in [0.1, 0.15) is 39.5 Å². The Morgan fingerprint density at radius 2 is 2.15 bits per heavy atom. The molecule has 0 heterocycles. The van der Waals surface area contributed by atoms with Crippen LogP contribution in [-0.2, 0) is 0 Å². The lowest BCUT2D eigenvalue weighted by atomic mass is 9.99. The maximum Gasteiger partial charge on any atom is 0.0146 e. The van der Waals surface area contributed by atoms with Crippen LogP contribution < -0.4 is 5.32 Å². The van der Waals surface area contributed by atoms with E-state index in [1.54, 1.807) is 5.54 Å². The second-order valence-electron chi connectivity index (χ2n) is 3.44. The fourth-order valence-corrected chi connectivity index (χ4v) is 1.45. The Bertz CT molecular complexity index is 123. The summed E-state index contributed by atoms with van der Waals surface area (Å²) in [6.45, 7) is 6.53. The van der Waals surface area contributed by atoms with Crippen LogP contribution in [0.25, 0.3) is 0 Å². The molecule has 0 aliphatic rings. The molecular formula is C11H22ClN. The summed E-state index contributed by atoms with van der Waals surface area (Å²) < 4.78 is 0. The van der Waals surface area contributed by atoms with E-state index in [1.165, 1.54) is 25.7 Å². The van der Waals surface area contributed by atoms with Crippen molar-refractivity contribution in [1.82, 2.24) is 5.32 Å². The largest absolute Gasteiger partial charge is 0.313 e. The van der Waals surface area contributed by atoms with Crippen molar-refractivity contribution < 1.29 is 0 Å². The Kier molecular flexibility index (Phi) is 10.1. The number of unbranched alkanes of at least 4 members (excludes halogenated alkanes) is 1. The molecule has 13 heavy (non-hydrogen) atoms. The van der Waals surface area contributed by atoms with Gasteiger partial charge in [0, 0.05) is 12.1 Å². The second kappa shape index (κ2) is 10.1. The van der Waals surface area contributed by atoms with Crippen molar-refractivity contribution >= 4 is 11.6 Å². The maximum absolute atomic E-state index is 5.41. The molecule has 0 spiro atoms. The highest BCUT2D eigenvalue weighted by atomic mass is 35.5. The summed E-state index contributed by atoms with van der Waals surface area (Å²) in [5, 5.41) is 3.37. The first kappa shape index (κ1) is 13.0. The van der Waals surface area contributed by atoms with Crippen molar-refractivity contribution in [2.24, 2.45) is 5.92 Å². The normalized spacial score (nSPS) is 13.8. The van der Waals surface area contributed by atoms with E-state index in [9.17, 15) is 0 Å². The molecule has 0 saturated carbocycles. The van der Waals surface area contributed by atoms with E-state index in [0.717, 1.165) is 19.0 Å². The highest BCUT2D eigenvalue weighted by Gasteiger charge is 2.03. The van der Waals surface area contributed by atoms with Crippen molar-refractivity contribution in [3.63, 3.8) is 0 Å². The SMILES string of the molecule is CCCCC(CC)CNC/C=C/Cl. The topological polar surface area (TPSA) is 12.0 Å². The fourth-order valence-electron chi connectivity index (χ4n) is 1.36. The zero-order valence-corrected chi connectivity index (χ0v) is 9.61. The zero-order chi connectivity index (χ0) is 9.94. The molecule has 0 fully saturated rings. The second-order valence-corrected chi connectivity index (χ2v) is 3.69. The minimum atomic E-state index is 0.837. The van der Waals surface area contributed by atoms with Gasteiger partial charge in [0.25, 0.3) is 0 Å². The quantitative estimate of drug-likeness (QED) is 0.595. The van der Waals surface area contributed by atoms with Gasteiger partial charge < -0.3 is 5.32 Å². The molecule has 0 amide bonds. The standard InChI is InChI=1S/C11H22ClN/c1-3-5-7-11(4-2)10-13-9-6-8-12/h6,8,11,13H,3-5,7,9-10H2,1-2H3/b8-6+. The highest BCUT2D eigenvalue weighted by Crippen LogP contribution is 2.10. The van der Waals surface area contributed by atoms with Crippen LogP contribution in [-0.4, -0.2) is 13.1 Å². The van der Waals surface area contributed by atoms with Gasteiger partial charge in [0.05, 0.1) is 0 Å². The highest BCUT2D eigenvalue weighted by molar-refractivity contribution is 6.25. The van der Waals surface area contributed by atoms with Crippen LogP contribution in [0.3, 0.4) is 0 Å². The predicted octanol–water partition coefficient (Wildman–Crippen LogP) is 3.54. The van der Waals surface area contributed by atoms with Crippen LogP contribution in [0, 0.1) is 5.92 Å². The number of hydrogen-bond acceptors (Lipinski definition) is 1. The number of halogens is 1. The Labute approximate surface area is 87.6 Å². The molecule has 0 aromatic rings. The van der Waals surface area contributed by atoms with Crippen molar-refractivity contribution in [1.29, 1.82) is 0 Å². The van der Waals surface area contributed by atoms with Gasteiger partial charge >= 0.3 is 0 Å². The van der Waals surface area contributed by atoms with E-state index in [0.29, 0.717) is 0 Å². The lowest BCUT2D eigenvalue weighted by Crippen LogP contribution is -2.22. The molecular weight excluding hydrogens is 182 g/mol. The van der Waals surface area contributed by atoms with Crippen molar-refractivity contribution in [3.05, 3.63) is 11.6 Å². The first-order chi connectivity index (χ1) is 6.35. The Morgan fingerprint density at radius 3 is 2.69 bits per heavy atom. The summed E-state index contributed by atoms with van der Waals surface area (Å²) in [6.07, 6.45) is 7.22. The van der Waals surface area contributed by atoms with Gasteiger partial charge in [-0.3, -0.25) is 0 Å². The average molecular weight is 204 g/mol. The van der Waals surface area contributed by atoms with Crippen LogP contribution >= 0.6 is 11.6 Å². The molecule has 1 unspecified atom stereocenters. The molecule has 0 aliphatic heterocycles. The summed E-state index contributed by atoms with van der Waals surface area (Å²) in [4.78, 5) is 0. The molecule has 78 valence electrons. The van der Waals surface area contributed by atoms with Gasteiger partial charge in [0.15, 0.2) is 0 Å². The van der Waals surface area contributed by atoms with Crippen molar-refractivity contribution in [3.8, 4) is 0 Å². The summed E-state index contributed by atoms with van der Waals surface area (Å²) >= 11 is 5.41. The molecule has 0 aromatic carbocycles. The average Bonchev–Trinajstić information content (AvgIpc) is 2.17. The smallest absolute Gasteiger partial charge is 0.0146 e. The zero-order valence-electron chi connectivity index (χ0n) is 8.85. The Morgan fingerprint density at radius 1 is 1.38 bits per heavy atom. The van der Waals surface area contributed by atoms with Gasteiger partial charge in [-0.15, -0.1) is 0 Å². The van der Waals surface area contributed by atoms with Crippen LogP contribution in [0.5, 0.6) is 0 Å². The molecule has 0 saturated heterocycles. The van der Waals surface area contributed by atoms with Gasteiger partial charge in [-0.05, 0) is 18.9 Å². The molecule has 0 radical (unpaired) electrons. The van der Waals surface area contributed by atoms with E-state index in [-0.39, 0.29) is 0 Å². The van der Waals surface area contributed by atoms with Gasteiger partial charge in [0.1, 0.15) is 0 Å². The lowest BCUT2D eigenvalue weighted by molar-refractivity contribution is 0.428. The monoisotopic (exact) mass is 203 g/mol. The summed E-state index contributed by atoms with van der Waals surface area (Å²) in [7, 11) is 0. The van der Waals surface area contributed by atoms with Gasteiger partial charge in [-0.25, -0.2) is 0 Å². The number of nitrogens with one attached hydrogen (secondary N) is 1. The molecule has 0 rings (SSSR count). The number of hydrogen-bond donors (Lipinski definition) is 1. The molecule has 0 bridgehead atoms. The van der Waals surface area contributed by atoms with Crippen LogP contribution in [0.4, 0.5) is 0 Å². The van der Waals surface area contributed by atoms with Crippen LogP contribution in [0.15, 0.2) is 11.6 Å². The fraction of sp³-hybridized carbons (Fsp3) is 0.818. The first-order valence-electron chi connectivity index (χ1n) is 5.31. The number of rotatable bonds is 8. The van der Waals surface area contributed by atoms with Gasteiger partial charge in [-0.1, -0.05) is 50.8 Å². The molecule has 0 aliphatic carbocycles. The Hall–Kier alpha value is -0.0100. The van der Waals surface area contributed by atoms with E-state index in [4.69, 9.17) is 11.6 Å². The molecule has 1 atom stereocenters. The van der Waals surface area contributed by atoms with Crippen molar-refractivity contribution in [2.75, 3.05) is 13.1 Å². The summed E-state index contributed by atoms with van der Waals surface area (Å²) in [5.74, 6) is 0.837.